The van der Waals surface area contributed by atoms with Gasteiger partial charge < -0.3 is 0 Å². The molecule has 0 bridgehead atoms. The molecule has 0 saturated heterocycles. The van der Waals surface area contributed by atoms with Crippen LogP contribution in [0.15, 0.2) is 12.1 Å². The number of thiazole rings is 1. The van der Waals surface area contributed by atoms with E-state index in [1.165, 1.54) is 21.3 Å². The van der Waals surface area contributed by atoms with Crippen LogP contribution < -0.4 is 0 Å². The average Bonchev–Trinajstić information content (AvgIpc) is 2.55. The largest absolute Gasteiger partial charge is 0.241 e. The van der Waals surface area contributed by atoms with Gasteiger partial charge in [-0.05, 0) is 36.0 Å². The quantitative estimate of drug-likeness (QED) is 0.722. The Morgan fingerprint density at radius 3 is 2.31 bits per heavy atom. The van der Waals surface area contributed by atoms with E-state index in [0.717, 1.165) is 5.01 Å². The van der Waals surface area contributed by atoms with Crippen LogP contribution in [0, 0.1) is 6.92 Å². The highest BCUT2D eigenvalue weighted by Crippen LogP contribution is 2.33. The zero-order valence-electron chi connectivity index (χ0n) is 10.7. The van der Waals surface area contributed by atoms with Gasteiger partial charge >= 0.3 is 0 Å². The Hall–Kier alpha value is -0.890. The second-order valence-electron chi connectivity index (χ2n) is 5.00. The topological polar surface area (TPSA) is 12.9 Å². The van der Waals surface area contributed by atoms with Crippen molar-refractivity contribution in [2.45, 2.75) is 46.5 Å². The van der Waals surface area contributed by atoms with Gasteiger partial charge in [-0.2, -0.15) is 0 Å². The molecule has 0 aliphatic heterocycles. The van der Waals surface area contributed by atoms with Crippen molar-refractivity contribution in [1.82, 2.24) is 4.98 Å². The highest BCUT2D eigenvalue weighted by molar-refractivity contribution is 7.18. The molecular weight excluding hydrogens is 214 g/mol. The van der Waals surface area contributed by atoms with Crippen LogP contribution in [0.3, 0.4) is 0 Å². The zero-order chi connectivity index (χ0) is 11.9. The van der Waals surface area contributed by atoms with E-state index in [9.17, 15) is 0 Å². The van der Waals surface area contributed by atoms with Gasteiger partial charge in [0.1, 0.15) is 0 Å². The molecular formula is C14H19NS. The summed E-state index contributed by atoms with van der Waals surface area (Å²) in [6, 6.07) is 4.60. The summed E-state index contributed by atoms with van der Waals surface area (Å²) in [5.41, 5.74) is 4.03. The van der Waals surface area contributed by atoms with Crippen LogP contribution in [0.4, 0.5) is 0 Å². The minimum absolute atomic E-state index is 0.570. The van der Waals surface area contributed by atoms with E-state index in [1.54, 1.807) is 0 Å². The van der Waals surface area contributed by atoms with Crippen LogP contribution in [-0.2, 0) is 0 Å². The zero-order valence-corrected chi connectivity index (χ0v) is 11.5. The number of aromatic nitrogens is 1. The Bertz CT molecular complexity index is 509. The molecule has 16 heavy (non-hydrogen) atoms. The van der Waals surface area contributed by atoms with E-state index in [-0.39, 0.29) is 0 Å². The van der Waals surface area contributed by atoms with Crippen molar-refractivity contribution in [1.29, 1.82) is 0 Å². The van der Waals surface area contributed by atoms with Crippen LogP contribution in [-0.4, -0.2) is 4.98 Å². The standard InChI is InChI=1S/C14H19NS/c1-8(2)11-6-12(9(3)4)14-13(7-11)15-10(5)16-14/h6-9H,1-5H3. The van der Waals surface area contributed by atoms with Gasteiger partial charge in [0.15, 0.2) is 0 Å². The van der Waals surface area contributed by atoms with Gasteiger partial charge in [0, 0.05) is 0 Å². The van der Waals surface area contributed by atoms with Gasteiger partial charge in [-0.25, -0.2) is 4.98 Å². The third-order valence-corrected chi connectivity index (χ3v) is 3.97. The van der Waals surface area contributed by atoms with E-state index >= 15 is 0 Å². The van der Waals surface area contributed by atoms with E-state index in [4.69, 9.17) is 0 Å². The Balaban J connectivity index is 2.73. The predicted octanol–water partition coefficient (Wildman–Crippen LogP) is 4.85. The van der Waals surface area contributed by atoms with E-state index in [0.29, 0.717) is 11.8 Å². The number of rotatable bonds is 2. The SMILES string of the molecule is Cc1nc2cc(C(C)C)cc(C(C)C)c2s1. The lowest BCUT2D eigenvalue weighted by Gasteiger charge is -2.11. The minimum Gasteiger partial charge on any atom is -0.241 e. The number of hydrogen-bond acceptors (Lipinski definition) is 2. The highest BCUT2D eigenvalue weighted by atomic mass is 32.1. The normalized spacial score (nSPS) is 11.9. The first-order valence-corrected chi connectivity index (χ1v) is 6.71. The first kappa shape index (κ1) is 11.6. The van der Waals surface area contributed by atoms with E-state index in [1.807, 2.05) is 11.3 Å². The third-order valence-electron chi connectivity index (χ3n) is 2.94. The van der Waals surface area contributed by atoms with Gasteiger partial charge in [-0.15, -0.1) is 11.3 Å². The second kappa shape index (κ2) is 4.17. The van der Waals surface area contributed by atoms with Crippen molar-refractivity contribution in [3.8, 4) is 0 Å². The Morgan fingerprint density at radius 1 is 1.06 bits per heavy atom. The summed E-state index contributed by atoms with van der Waals surface area (Å²) in [6.45, 7) is 11.1. The lowest BCUT2D eigenvalue weighted by atomic mass is 9.95. The summed E-state index contributed by atoms with van der Waals surface area (Å²) in [7, 11) is 0. The van der Waals surface area contributed by atoms with Crippen molar-refractivity contribution in [3.05, 3.63) is 28.3 Å². The molecule has 1 heterocycles. The predicted molar refractivity (Wildman–Crippen MR) is 72.5 cm³/mol. The number of fused-ring (bicyclic) bond motifs is 1. The van der Waals surface area contributed by atoms with Crippen molar-refractivity contribution in [3.63, 3.8) is 0 Å². The first-order chi connectivity index (χ1) is 7.49. The number of aryl methyl sites for hydroxylation is 1. The number of nitrogens with zero attached hydrogens (tertiary/aromatic N) is 1. The lowest BCUT2D eigenvalue weighted by Crippen LogP contribution is -1.93. The minimum atomic E-state index is 0.570. The maximum atomic E-state index is 4.62. The fourth-order valence-corrected chi connectivity index (χ4v) is 3.02. The summed E-state index contributed by atoms with van der Waals surface area (Å²) in [6.07, 6.45) is 0. The van der Waals surface area contributed by atoms with Crippen molar-refractivity contribution in [2.24, 2.45) is 0 Å². The smallest absolute Gasteiger partial charge is 0.0907 e. The molecule has 0 unspecified atom stereocenters. The molecule has 0 fully saturated rings. The molecule has 2 aromatic rings. The van der Waals surface area contributed by atoms with Gasteiger partial charge in [0.2, 0.25) is 0 Å². The van der Waals surface area contributed by atoms with Crippen LogP contribution >= 0.6 is 11.3 Å². The Labute approximate surface area is 102 Å². The molecule has 0 saturated carbocycles. The molecule has 0 atom stereocenters. The summed E-state index contributed by atoms with van der Waals surface area (Å²) >= 11 is 1.82. The molecule has 0 spiro atoms. The number of benzene rings is 1. The highest BCUT2D eigenvalue weighted by Gasteiger charge is 2.12. The van der Waals surface area contributed by atoms with Crippen LogP contribution in [0.1, 0.15) is 55.7 Å². The van der Waals surface area contributed by atoms with E-state index < -0.39 is 0 Å². The lowest BCUT2D eigenvalue weighted by molar-refractivity contribution is 0.842. The monoisotopic (exact) mass is 233 g/mol. The van der Waals surface area contributed by atoms with Crippen LogP contribution in [0.25, 0.3) is 10.2 Å². The molecule has 0 N–H and O–H groups in total. The molecule has 2 heteroatoms. The molecule has 1 aromatic carbocycles. The average molecular weight is 233 g/mol. The first-order valence-electron chi connectivity index (χ1n) is 5.90. The maximum Gasteiger partial charge on any atom is 0.0907 e. The summed E-state index contributed by atoms with van der Waals surface area (Å²) < 4.78 is 1.37. The van der Waals surface area contributed by atoms with Crippen molar-refractivity contribution in [2.75, 3.05) is 0 Å². The van der Waals surface area contributed by atoms with Crippen LogP contribution in [0.2, 0.25) is 0 Å². The summed E-state index contributed by atoms with van der Waals surface area (Å²) in [5.74, 6) is 1.14. The van der Waals surface area contributed by atoms with Gasteiger partial charge in [-0.1, -0.05) is 33.8 Å². The summed E-state index contributed by atoms with van der Waals surface area (Å²) in [5, 5.41) is 1.16. The maximum absolute atomic E-state index is 4.62. The Morgan fingerprint density at radius 2 is 1.75 bits per heavy atom. The molecule has 2 rings (SSSR count). The van der Waals surface area contributed by atoms with Gasteiger partial charge in [-0.3, -0.25) is 0 Å². The van der Waals surface area contributed by atoms with Crippen molar-refractivity contribution >= 4 is 21.6 Å². The van der Waals surface area contributed by atoms with Gasteiger partial charge in [0.25, 0.3) is 0 Å². The molecule has 0 amide bonds. The molecule has 1 nitrogen and oxygen atoms in total. The molecule has 1 aromatic heterocycles. The second-order valence-corrected chi connectivity index (χ2v) is 6.20. The number of hydrogen-bond donors (Lipinski definition) is 0. The fraction of sp³-hybridized carbons (Fsp3) is 0.500. The van der Waals surface area contributed by atoms with Crippen molar-refractivity contribution < 1.29 is 0 Å². The molecule has 0 aliphatic carbocycles. The third kappa shape index (κ3) is 1.99. The van der Waals surface area contributed by atoms with Crippen LogP contribution in [0.5, 0.6) is 0 Å². The summed E-state index contributed by atoms with van der Waals surface area (Å²) in [4.78, 5) is 4.62. The van der Waals surface area contributed by atoms with Gasteiger partial charge in [0.05, 0.1) is 15.2 Å². The molecule has 0 radical (unpaired) electrons. The fourth-order valence-electron chi connectivity index (χ4n) is 1.95. The van der Waals surface area contributed by atoms with E-state index in [2.05, 4.69) is 51.7 Å². The molecule has 86 valence electrons. The Kier molecular flexibility index (Phi) is 3.02. The molecule has 0 aliphatic rings.